The number of rotatable bonds is 4. The van der Waals surface area contributed by atoms with Gasteiger partial charge in [0.1, 0.15) is 11.5 Å². The van der Waals surface area contributed by atoms with Crippen molar-refractivity contribution in [3.05, 3.63) is 42.5 Å². The summed E-state index contributed by atoms with van der Waals surface area (Å²) in [5, 5.41) is 0. The highest BCUT2D eigenvalue weighted by Gasteiger charge is 2.10. The quantitative estimate of drug-likeness (QED) is 0.812. The molecule has 0 fully saturated rings. The Kier molecular flexibility index (Phi) is 3.32. The Bertz CT molecular complexity index is 458. The summed E-state index contributed by atoms with van der Waals surface area (Å²) in [7, 11) is 3.31. The van der Waals surface area contributed by atoms with Crippen LogP contribution in [0.25, 0.3) is 0 Å². The number of hydrogen-bond donors (Lipinski definition) is 0. The van der Waals surface area contributed by atoms with Crippen molar-refractivity contribution in [3.8, 4) is 11.5 Å². The van der Waals surface area contributed by atoms with E-state index in [0.717, 1.165) is 17.1 Å². The number of hydrogen-bond acceptors (Lipinski definition) is 3. The van der Waals surface area contributed by atoms with Gasteiger partial charge in [-0.1, -0.05) is 0 Å². The lowest BCUT2D eigenvalue weighted by Crippen LogP contribution is -2.04. The molecule has 2 rings (SSSR count). The fourth-order valence-corrected chi connectivity index (χ4v) is 1.74. The highest BCUT2D eigenvalue weighted by molar-refractivity contribution is 5.39. The third kappa shape index (κ3) is 2.41. The van der Waals surface area contributed by atoms with E-state index in [1.165, 1.54) is 0 Å². The van der Waals surface area contributed by atoms with Crippen LogP contribution in [0.3, 0.4) is 0 Å². The molecule has 0 aliphatic rings. The summed E-state index contributed by atoms with van der Waals surface area (Å²) >= 11 is 0. The number of methoxy groups -OCH3 is 2. The van der Waals surface area contributed by atoms with Gasteiger partial charge in [0, 0.05) is 18.5 Å². The third-order valence-corrected chi connectivity index (χ3v) is 2.83. The first-order valence-corrected chi connectivity index (χ1v) is 5.45. The van der Waals surface area contributed by atoms with E-state index < -0.39 is 0 Å². The summed E-state index contributed by atoms with van der Waals surface area (Å²) in [5.74, 6) is 1.60. The van der Waals surface area contributed by atoms with Crippen molar-refractivity contribution >= 4 is 0 Å². The highest BCUT2D eigenvalue weighted by atomic mass is 16.5. The Labute approximate surface area is 101 Å². The molecule has 1 aromatic carbocycles. The van der Waals surface area contributed by atoms with Crippen LogP contribution in [0, 0.1) is 0 Å². The molecule has 90 valence electrons. The van der Waals surface area contributed by atoms with Gasteiger partial charge >= 0.3 is 0 Å². The van der Waals surface area contributed by atoms with Crippen LogP contribution in [0.4, 0.5) is 0 Å². The molecule has 1 heterocycles. The molecule has 1 atom stereocenters. The van der Waals surface area contributed by atoms with Crippen LogP contribution < -0.4 is 9.47 Å². The van der Waals surface area contributed by atoms with Gasteiger partial charge in [0.15, 0.2) is 0 Å². The van der Waals surface area contributed by atoms with Crippen LogP contribution in [-0.4, -0.2) is 23.8 Å². The molecular weight excluding hydrogens is 216 g/mol. The molecule has 0 spiro atoms. The molecule has 1 unspecified atom stereocenters. The molecule has 17 heavy (non-hydrogen) atoms. The first kappa shape index (κ1) is 11.5. The first-order chi connectivity index (χ1) is 8.24. The minimum atomic E-state index is 0.196. The van der Waals surface area contributed by atoms with Gasteiger partial charge in [0.2, 0.25) is 0 Å². The van der Waals surface area contributed by atoms with Crippen LogP contribution in [0.2, 0.25) is 0 Å². The molecule has 0 amide bonds. The van der Waals surface area contributed by atoms with Crippen LogP contribution in [-0.2, 0) is 0 Å². The van der Waals surface area contributed by atoms with E-state index in [4.69, 9.17) is 9.47 Å². The predicted octanol–water partition coefficient (Wildman–Crippen LogP) is 2.51. The molecule has 0 aliphatic heterocycles. The summed E-state index contributed by atoms with van der Waals surface area (Å²) < 4.78 is 12.6. The summed E-state index contributed by atoms with van der Waals surface area (Å²) in [4.78, 5) is 4.05. The molecule has 0 bridgehead atoms. The topological polar surface area (TPSA) is 36.3 Å². The minimum Gasteiger partial charge on any atom is -0.497 e. The Morgan fingerprint density at radius 1 is 1.12 bits per heavy atom. The van der Waals surface area contributed by atoms with Gasteiger partial charge in [-0.3, -0.25) is 0 Å². The molecule has 1 aromatic heterocycles. The predicted molar refractivity (Wildman–Crippen MR) is 65.6 cm³/mol. The zero-order valence-corrected chi connectivity index (χ0v) is 10.3. The maximum absolute atomic E-state index is 5.26. The van der Waals surface area contributed by atoms with Gasteiger partial charge in [-0.05, 0) is 24.6 Å². The standard InChI is InChI=1S/C13H16N2O2/c1-10(15-5-4-14-9-15)11-6-12(16-2)8-13(7-11)17-3/h4-10H,1-3H3. The Balaban J connectivity index is 2.37. The zero-order chi connectivity index (χ0) is 12.3. The number of nitrogens with zero attached hydrogens (tertiary/aromatic N) is 2. The maximum Gasteiger partial charge on any atom is 0.122 e. The van der Waals surface area contributed by atoms with Crippen molar-refractivity contribution in [1.29, 1.82) is 0 Å². The van der Waals surface area contributed by atoms with Crippen LogP contribution in [0.15, 0.2) is 36.9 Å². The van der Waals surface area contributed by atoms with Crippen molar-refractivity contribution in [2.45, 2.75) is 13.0 Å². The van der Waals surface area contributed by atoms with Crippen molar-refractivity contribution in [3.63, 3.8) is 0 Å². The van der Waals surface area contributed by atoms with Gasteiger partial charge in [-0.15, -0.1) is 0 Å². The molecule has 0 N–H and O–H groups in total. The number of ether oxygens (including phenoxy) is 2. The lowest BCUT2D eigenvalue weighted by molar-refractivity contribution is 0.392. The van der Waals surface area contributed by atoms with Gasteiger partial charge in [0.25, 0.3) is 0 Å². The second-order valence-electron chi connectivity index (χ2n) is 3.83. The maximum atomic E-state index is 5.26. The van der Waals surface area contributed by atoms with E-state index in [0.29, 0.717) is 0 Å². The molecule has 4 heteroatoms. The monoisotopic (exact) mass is 232 g/mol. The number of aromatic nitrogens is 2. The zero-order valence-electron chi connectivity index (χ0n) is 10.3. The highest BCUT2D eigenvalue weighted by Crippen LogP contribution is 2.27. The molecule has 0 saturated heterocycles. The summed E-state index contributed by atoms with van der Waals surface area (Å²) in [6, 6.07) is 6.08. The van der Waals surface area contributed by atoms with E-state index in [-0.39, 0.29) is 6.04 Å². The molecule has 0 radical (unpaired) electrons. The van der Waals surface area contributed by atoms with Crippen molar-refractivity contribution in [2.75, 3.05) is 14.2 Å². The smallest absolute Gasteiger partial charge is 0.122 e. The molecule has 0 saturated carbocycles. The first-order valence-electron chi connectivity index (χ1n) is 5.45. The summed E-state index contributed by atoms with van der Waals surface area (Å²) in [6.07, 6.45) is 5.52. The molecular formula is C13H16N2O2. The van der Waals surface area contributed by atoms with Crippen molar-refractivity contribution in [1.82, 2.24) is 9.55 Å². The van der Waals surface area contributed by atoms with Crippen molar-refractivity contribution in [2.24, 2.45) is 0 Å². The average molecular weight is 232 g/mol. The Morgan fingerprint density at radius 2 is 1.76 bits per heavy atom. The number of benzene rings is 1. The fourth-order valence-electron chi connectivity index (χ4n) is 1.74. The molecule has 4 nitrogen and oxygen atoms in total. The van der Waals surface area contributed by atoms with E-state index in [1.807, 2.05) is 29.0 Å². The van der Waals surface area contributed by atoms with Gasteiger partial charge < -0.3 is 14.0 Å². The normalized spacial score (nSPS) is 12.2. The SMILES string of the molecule is COc1cc(OC)cc(C(C)n2ccnc2)c1. The van der Waals surface area contributed by atoms with Gasteiger partial charge in [-0.2, -0.15) is 0 Å². The second-order valence-corrected chi connectivity index (χ2v) is 3.83. The second kappa shape index (κ2) is 4.91. The van der Waals surface area contributed by atoms with E-state index >= 15 is 0 Å². The van der Waals surface area contributed by atoms with E-state index in [1.54, 1.807) is 26.7 Å². The third-order valence-electron chi connectivity index (χ3n) is 2.83. The minimum absolute atomic E-state index is 0.196. The van der Waals surface area contributed by atoms with Crippen molar-refractivity contribution < 1.29 is 9.47 Å². The average Bonchev–Trinajstić information content (AvgIpc) is 2.91. The van der Waals surface area contributed by atoms with Gasteiger partial charge in [-0.25, -0.2) is 4.98 Å². The van der Waals surface area contributed by atoms with E-state index in [9.17, 15) is 0 Å². The van der Waals surface area contributed by atoms with E-state index in [2.05, 4.69) is 11.9 Å². The van der Waals surface area contributed by atoms with Crippen LogP contribution in [0.1, 0.15) is 18.5 Å². The lowest BCUT2D eigenvalue weighted by atomic mass is 10.1. The summed E-state index contributed by atoms with van der Waals surface area (Å²) in [5.41, 5.74) is 1.12. The molecule has 2 aromatic rings. The van der Waals surface area contributed by atoms with Crippen LogP contribution in [0.5, 0.6) is 11.5 Å². The Hall–Kier alpha value is -1.97. The molecule has 0 aliphatic carbocycles. The van der Waals surface area contributed by atoms with Crippen LogP contribution >= 0.6 is 0 Å². The van der Waals surface area contributed by atoms with Gasteiger partial charge in [0.05, 0.1) is 26.6 Å². The Morgan fingerprint density at radius 3 is 2.24 bits per heavy atom. The largest absolute Gasteiger partial charge is 0.497 e. The lowest BCUT2D eigenvalue weighted by Gasteiger charge is -2.15. The number of imidazole rings is 1. The fraction of sp³-hybridized carbons (Fsp3) is 0.308. The summed E-state index contributed by atoms with van der Waals surface area (Å²) in [6.45, 7) is 2.11.